The molecule has 2 aliphatic heterocycles. The summed E-state index contributed by atoms with van der Waals surface area (Å²) in [4.78, 5) is 0. The van der Waals surface area contributed by atoms with Gasteiger partial charge in [0.25, 0.3) is 0 Å². The first-order valence-electron chi connectivity index (χ1n) is 10.1. The number of hydrogen-bond acceptors (Lipinski definition) is 4. The van der Waals surface area contributed by atoms with Gasteiger partial charge in [-0.3, -0.25) is 0 Å². The van der Waals surface area contributed by atoms with Crippen molar-refractivity contribution in [3.8, 4) is 11.5 Å². The summed E-state index contributed by atoms with van der Waals surface area (Å²) in [5.74, 6) is 3.36. The predicted molar refractivity (Wildman–Crippen MR) is 107 cm³/mol. The molecule has 0 N–H and O–H groups in total. The van der Waals surface area contributed by atoms with Crippen LogP contribution in [0.15, 0.2) is 12.7 Å². The van der Waals surface area contributed by atoms with Gasteiger partial charge in [0.15, 0.2) is 12.6 Å². The second-order valence-corrected chi connectivity index (χ2v) is 13.0. The van der Waals surface area contributed by atoms with Gasteiger partial charge < -0.3 is 18.9 Å². The van der Waals surface area contributed by atoms with Crippen molar-refractivity contribution in [2.45, 2.75) is 95.8 Å². The van der Waals surface area contributed by atoms with Gasteiger partial charge in [-0.05, 0) is 38.5 Å². The van der Waals surface area contributed by atoms with Crippen LogP contribution >= 0.6 is 0 Å². The van der Waals surface area contributed by atoms with Crippen molar-refractivity contribution in [1.82, 2.24) is 0 Å². The Morgan fingerprint density at radius 1 is 1.04 bits per heavy atom. The van der Waals surface area contributed by atoms with Crippen molar-refractivity contribution < 1.29 is 18.9 Å². The van der Waals surface area contributed by atoms with Crippen molar-refractivity contribution in [1.29, 1.82) is 0 Å². The average molecular weight is 381 g/mol. The zero-order valence-corrected chi connectivity index (χ0v) is 17.8. The van der Waals surface area contributed by atoms with Crippen LogP contribution in [0.25, 0.3) is 0 Å². The van der Waals surface area contributed by atoms with Gasteiger partial charge in [-0.1, -0.05) is 25.7 Å². The third-order valence-electron chi connectivity index (χ3n) is 4.50. The van der Waals surface area contributed by atoms with Crippen LogP contribution in [0, 0.1) is 11.5 Å². The summed E-state index contributed by atoms with van der Waals surface area (Å²) in [6.07, 6.45) is 9.48. The van der Waals surface area contributed by atoms with Crippen LogP contribution < -0.4 is 0 Å². The van der Waals surface area contributed by atoms with E-state index in [1.807, 2.05) is 6.08 Å². The highest BCUT2D eigenvalue weighted by molar-refractivity contribution is 6.83. The molecule has 4 nitrogen and oxygen atoms in total. The third-order valence-corrected chi connectivity index (χ3v) is 5.42. The summed E-state index contributed by atoms with van der Waals surface area (Å²) in [7, 11) is -1.38. The van der Waals surface area contributed by atoms with E-state index in [9.17, 15) is 0 Å². The highest BCUT2D eigenvalue weighted by atomic mass is 28.3. The Balaban J connectivity index is 1.92. The molecule has 0 aromatic carbocycles. The van der Waals surface area contributed by atoms with Gasteiger partial charge in [0.05, 0.1) is 12.2 Å². The van der Waals surface area contributed by atoms with Crippen LogP contribution in [0.1, 0.15) is 51.4 Å². The van der Waals surface area contributed by atoms with E-state index in [4.69, 9.17) is 18.9 Å². The fourth-order valence-electron chi connectivity index (χ4n) is 3.13. The normalized spacial score (nSPS) is 26.4. The quantitative estimate of drug-likeness (QED) is 0.349. The molecule has 5 heteroatoms. The summed E-state index contributed by atoms with van der Waals surface area (Å²) in [6.45, 7) is 12.3. The van der Waals surface area contributed by atoms with Gasteiger partial charge in [-0.15, -0.1) is 18.0 Å². The SMILES string of the molecule is C=C[C@H](C[C@@H](CC#C[Si](C)(C)C)OC1CCCCO1)OC1CCCCO1. The van der Waals surface area contributed by atoms with Crippen LogP contribution in [0.4, 0.5) is 0 Å². The molecule has 2 heterocycles. The molecule has 2 aliphatic rings. The van der Waals surface area contributed by atoms with Gasteiger partial charge in [0, 0.05) is 26.1 Å². The highest BCUT2D eigenvalue weighted by Gasteiger charge is 2.24. The van der Waals surface area contributed by atoms with Crippen molar-refractivity contribution in [3.63, 3.8) is 0 Å². The van der Waals surface area contributed by atoms with E-state index < -0.39 is 8.07 Å². The first kappa shape index (κ1) is 21.7. The molecule has 0 bridgehead atoms. The second-order valence-electron chi connectivity index (χ2n) is 8.25. The molecule has 0 spiro atoms. The number of hydrogen-bond donors (Lipinski definition) is 0. The molecule has 0 aromatic heterocycles. The largest absolute Gasteiger partial charge is 0.353 e. The van der Waals surface area contributed by atoms with E-state index in [1.54, 1.807) is 0 Å². The molecule has 148 valence electrons. The van der Waals surface area contributed by atoms with Gasteiger partial charge in [0.1, 0.15) is 8.07 Å². The zero-order valence-electron chi connectivity index (χ0n) is 16.8. The zero-order chi connectivity index (χ0) is 18.8. The third kappa shape index (κ3) is 8.83. The van der Waals surface area contributed by atoms with Gasteiger partial charge >= 0.3 is 0 Å². The minimum absolute atomic E-state index is 0.00598. The Bertz CT molecular complexity index is 465. The first-order chi connectivity index (χ1) is 12.5. The Labute approximate surface area is 160 Å². The Kier molecular flexibility index (Phi) is 9.38. The van der Waals surface area contributed by atoms with Crippen LogP contribution in [-0.4, -0.2) is 46.1 Å². The van der Waals surface area contributed by atoms with Crippen LogP contribution in [0.5, 0.6) is 0 Å². The minimum Gasteiger partial charge on any atom is -0.353 e. The molecular weight excluding hydrogens is 344 g/mol. The Morgan fingerprint density at radius 2 is 1.65 bits per heavy atom. The van der Waals surface area contributed by atoms with Crippen LogP contribution in [0.2, 0.25) is 19.6 Å². The summed E-state index contributed by atoms with van der Waals surface area (Å²) < 4.78 is 23.8. The van der Waals surface area contributed by atoms with Gasteiger partial charge in [0.2, 0.25) is 0 Å². The van der Waals surface area contributed by atoms with Crippen LogP contribution in [0.3, 0.4) is 0 Å². The molecule has 0 radical (unpaired) electrons. The summed E-state index contributed by atoms with van der Waals surface area (Å²) in [5, 5.41) is 0. The molecule has 0 amide bonds. The fraction of sp³-hybridized carbons (Fsp3) is 0.810. The standard InChI is InChI=1S/C21H36O4Si/c1-5-18(24-20-12-6-8-14-22-20)17-19(11-10-16-26(2,3)4)25-21-13-7-9-15-23-21/h5,18-21H,1,6-9,11-15,17H2,2-4H3/t18-,19-,20?,21?/m1/s1. The lowest BCUT2D eigenvalue weighted by atomic mass is 10.1. The summed E-state index contributed by atoms with van der Waals surface area (Å²) >= 11 is 0. The maximum atomic E-state index is 6.25. The number of ether oxygens (including phenoxy) is 4. The molecule has 0 saturated carbocycles. The van der Waals surface area contributed by atoms with Crippen molar-refractivity contribution in [2.75, 3.05) is 13.2 Å². The average Bonchev–Trinajstić information content (AvgIpc) is 2.61. The second kappa shape index (κ2) is 11.3. The van der Waals surface area contributed by atoms with E-state index in [0.717, 1.165) is 58.2 Å². The number of rotatable bonds is 8. The van der Waals surface area contributed by atoms with E-state index in [2.05, 4.69) is 37.7 Å². The molecule has 2 saturated heterocycles. The molecular formula is C21H36O4Si. The molecule has 4 atom stereocenters. The molecule has 2 rings (SSSR count). The maximum Gasteiger partial charge on any atom is 0.158 e. The molecule has 26 heavy (non-hydrogen) atoms. The lowest BCUT2D eigenvalue weighted by molar-refractivity contribution is -0.207. The van der Waals surface area contributed by atoms with E-state index in [1.165, 1.54) is 0 Å². The van der Waals surface area contributed by atoms with Crippen molar-refractivity contribution in [3.05, 3.63) is 12.7 Å². The fourth-order valence-corrected chi connectivity index (χ4v) is 3.76. The minimum atomic E-state index is -1.38. The summed E-state index contributed by atoms with van der Waals surface area (Å²) in [6, 6.07) is 0. The van der Waals surface area contributed by atoms with E-state index in [-0.39, 0.29) is 24.8 Å². The first-order valence-corrected chi connectivity index (χ1v) is 13.6. The molecule has 2 unspecified atom stereocenters. The monoisotopic (exact) mass is 380 g/mol. The highest BCUT2D eigenvalue weighted by Crippen LogP contribution is 2.22. The van der Waals surface area contributed by atoms with Crippen molar-refractivity contribution >= 4 is 8.07 Å². The maximum absolute atomic E-state index is 6.25. The van der Waals surface area contributed by atoms with E-state index >= 15 is 0 Å². The molecule has 0 aromatic rings. The molecule has 0 aliphatic carbocycles. The van der Waals surface area contributed by atoms with Crippen molar-refractivity contribution in [2.24, 2.45) is 0 Å². The molecule has 2 fully saturated rings. The van der Waals surface area contributed by atoms with E-state index in [0.29, 0.717) is 6.42 Å². The lowest BCUT2D eigenvalue weighted by Crippen LogP contribution is -2.33. The lowest BCUT2D eigenvalue weighted by Gasteiger charge is -2.30. The summed E-state index contributed by atoms with van der Waals surface area (Å²) in [5.41, 5.74) is 3.44. The Hall–Kier alpha value is -0.643. The topological polar surface area (TPSA) is 36.9 Å². The predicted octanol–water partition coefficient (Wildman–Crippen LogP) is 4.66. The smallest absolute Gasteiger partial charge is 0.158 e. The van der Waals surface area contributed by atoms with Gasteiger partial charge in [-0.2, -0.15) is 0 Å². The Morgan fingerprint density at radius 3 is 2.15 bits per heavy atom. The van der Waals surface area contributed by atoms with Crippen LogP contribution in [-0.2, 0) is 18.9 Å². The van der Waals surface area contributed by atoms with Gasteiger partial charge in [-0.25, -0.2) is 0 Å².